The average molecular weight is 202 g/mol. The lowest BCUT2D eigenvalue weighted by molar-refractivity contribution is -0.140. The van der Waals surface area contributed by atoms with Crippen molar-refractivity contribution in [2.75, 3.05) is 12.4 Å². The molecule has 13 heavy (non-hydrogen) atoms. The number of hydrogen-bond donors (Lipinski definition) is 0. The number of hydrogen-bond acceptors (Lipinski definition) is 4. The maximum absolute atomic E-state index is 11.1. The van der Waals surface area contributed by atoms with Crippen LogP contribution in [-0.2, 0) is 14.3 Å². The van der Waals surface area contributed by atoms with E-state index in [1.807, 2.05) is 0 Å². The smallest absolute Gasteiger partial charge is 0.452 e. The molecular formula is C7H10N2O3S. The van der Waals surface area contributed by atoms with Gasteiger partial charge in [-0.3, -0.25) is 4.79 Å². The van der Waals surface area contributed by atoms with Crippen molar-refractivity contribution in [1.29, 1.82) is 0 Å². The Morgan fingerprint density at radius 3 is 2.46 bits per heavy atom. The summed E-state index contributed by atoms with van der Waals surface area (Å²) in [5.41, 5.74) is 7.81. The molecule has 0 aromatic heterocycles. The maximum atomic E-state index is 11.1. The van der Waals surface area contributed by atoms with Crippen LogP contribution in [0, 0.1) is 0 Å². The number of rotatable bonds is 4. The first-order valence-corrected chi connectivity index (χ1v) is 4.72. The van der Waals surface area contributed by atoms with Crippen molar-refractivity contribution in [3.63, 3.8) is 0 Å². The van der Waals surface area contributed by atoms with Gasteiger partial charge < -0.3 is 10.3 Å². The third-order valence-electron chi connectivity index (χ3n) is 1.04. The van der Waals surface area contributed by atoms with Gasteiger partial charge in [-0.1, -0.05) is 18.7 Å². The second-order valence-corrected chi connectivity index (χ2v) is 3.13. The quantitative estimate of drug-likeness (QED) is 0.218. The zero-order valence-electron chi connectivity index (χ0n) is 7.44. The van der Waals surface area contributed by atoms with E-state index in [0.717, 1.165) is 11.8 Å². The zero-order valence-corrected chi connectivity index (χ0v) is 8.26. The van der Waals surface area contributed by atoms with Gasteiger partial charge in [0, 0.05) is 0 Å². The molecule has 0 amide bonds. The Morgan fingerprint density at radius 2 is 2.08 bits per heavy atom. The second kappa shape index (κ2) is 6.39. The highest BCUT2D eigenvalue weighted by Gasteiger charge is 2.30. The predicted molar refractivity (Wildman–Crippen MR) is 48.4 cm³/mol. The first-order valence-electron chi connectivity index (χ1n) is 3.73. The third-order valence-corrected chi connectivity index (χ3v) is 1.78. The fraction of sp³-hybridized carbons (Fsp3) is 0.571. The summed E-state index contributed by atoms with van der Waals surface area (Å²) in [6.07, 6.45) is 0. The van der Waals surface area contributed by atoms with Crippen LogP contribution in [0.5, 0.6) is 0 Å². The Morgan fingerprint density at radius 1 is 1.46 bits per heavy atom. The lowest BCUT2D eigenvalue weighted by atomic mass is 10.4. The highest BCUT2D eigenvalue weighted by molar-refractivity contribution is 8.15. The molecule has 6 heteroatoms. The lowest BCUT2D eigenvalue weighted by Crippen LogP contribution is -2.25. The van der Waals surface area contributed by atoms with Crippen LogP contribution in [0.15, 0.2) is 0 Å². The van der Waals surface area contributed by atoms with E-state index in [2.05, 4.69) is 9.53 Å². The number of carbonyl (C=O) groups excluding carboxylic acids is 2. The molecule has 0 aliphatic carbocycles. The van der Waals surface area contributed by atoms with Crippen LogP contribution < -0.4 is 0 Å². The largest absolute Gasteiger partial charge is 0.457 e. The minimum absolute atomic E-state index is 0.141. The summed E-state index contributed by atoms with van der Waals surface area (Å²) in [7, 11) is 0. The van der Waals surface area contributed by atoms with Gasteiger partial charge in [-0.25, -0.2) is 4.79 Å². The molecule has 0 rings (SSSR count). The molecule has 0 aromatic carbocycles. The number of ether oxygens (including phenoxy) is 1. The van der Waals surface area contributed by atoms with E-state index in [1.165, 1.54) is 0 Å². The monoisotopic (exact) mass is 202 g/mol. The molecule has 72 valence electrons. The van der Waals surface area contributed by atoms with Gasteiger partial charge in [0.05, 0.1) is 6.61 Å². The Hall–Kier alpha value is -1.13. The zero-order chi connectivity index (χ0) is 10.3. The van der Waals surface area contributed by atoms with Gasteiger partial charge in [0.25, 0.3) is 0 Å². The molecule has 5 nitrogen and oxygen atoms in total. The summed E-state index contributed by atoms with van der Waals surface area (Å²) >= 11 is 0.888. The van der Waals surface area contributed by atoms with Crippen molar-refractivity contribution in [3.8, 4) is 0 Å². The number of esters is 1. The Balaban J connectivity index is 4.44. The van der Waals surface area contributed by atoms with Crippen molar-refractivity contribution in [3.05, 3.63) is 5.53 Å². The predicted octanol–water partition coefficient (Wildman–Crippen LogP) is 0.500. The average Bonchev–Trinajstić information content (AvgIpc) is 2.06. The number of thioether (sulfide) groups is 1. The van der Waals surface area contributed by atoms with Crippen LogP contribution in [0.1, 0.15) is 13.8 Å². The van der Waals surface area contributed by atoms with Crippen molar-refractivity contribution < 1.29 is 19.1 Å². The molecular weight excluding hydrogens is 192 g/mol. The Kier molecular flexibility index (Phi) is 5.84. The standard InChI is InChI=1S/C7H10N2O3S/c1-3-12-6(10)5(9-8)7(11)13-4-2/h3-4H2,1-2H3. The van der Waals surface area contributed by atoms with E-state index in [-0.39, 0.29) is 6.61 Å². The first kappa shape index (κ1) is 11.9. The Bertz CT molecular complexity index is 238. The van der Waals surface area contributed by atoms with Crippen molar-refractivity contribution in [2.45, 2.75) is 13.8 Å². The van der Waals surface area contributed by atoms with Crippen molar-refractivity contribution >= 4 is 28.6 Å². The first-order chi connectivity index (χ1) is 6.17. The van der Waals surface area contributed by atoms with Crippen LogP contribution in [0.3, 0.4) is 0 Å². The van der Waals surface area contributed by atoms with E-state index in [1.54, 1.807) is 13.8 Å². The topological polar surface area (TPSA) is 79.8 Å². The molecule has 0 saturated carbocycles. The number of carbonyl (C=O) groups is 2. The molecule has 0 atom stereocenters. The van der Waals surface area contributed by atoms with E-state index < -0.39 is 16.8 Å². The van der Waals surface area contributed by atoms with Gasteiger partial charge in [-0.15, -0.1) is 0 Å². The van der Waals surface area contributed by atoms with Crippen LogP contribution in [0.2, 0.25) is 0 Å². The van der Waals surface area contributed by atoms with E-state index in [0.29, 0.717) is 5.75 Å². The minimum atomic E-state index is -0.893. The van der Waals surface area contributed by atoms with E-state index in [4.69, 9.17) is 5.53 Å². The van der Waals surface area contributed by atoms with Crippen LogP contribution in [-0.4, -0.2) is 33.9 Å². The molecule has 0 saturated heterocycles. The summed E-state index contributed by atoms with van der Waals surface area (Å²) < 4.78 is 4.50. The van der Waals surface area contributed by atoms with Crippen molar-refractivity contribution in [2.24, 2.45) is 0 Å². The van der Waals surface area contributed by atoms with Crippen LogP contribution in [0.4, 0.5) is 0 Å². The third kappa shape index (κ3) is 3.87. The molecule has 0 fully saturated rings. The van der Waals surface area contributed by atoms with Gasteiger partial charge in [-0.05, 0) is 12.7 Å². The maximum Gasteiger partial charge on any atom is 0.452 e. The van der Waals surface area contributed by atoms with Gasteiger partial charge in [0.1, 0.15) is 0 Å². The van der Waals surface area contributed by atoms with Gasteiger partial charge >= 0.3 is 16.8 Å². The molecule has 0 heterocycles. The van der Waals surface area contributed by atoms with E-state index in [9.17, 15) is 9.59 Å². The molecule has 0 unspecified atom stereocenters. The highest BCUT2D eigenvalue weighted by Crippen LogP contribution is 2.02. The molecule has 0 spiro atoms. The summed E-state index contributed by atoms with van der Waals surface area (Å²) in [6.45, 7) is 3.50. The molecule has 0 radical (unpaired) electrons. The molecule has 0 N–H and O–H groups in total. The SMILES string of the molecule is CCOC(=O)C(=[N+]=[N-])C(=O)SCC. The van der Waals surface area contributed by atoms with Gasteiger partial charge in [0.2, 0.25) is 0 Å². The molecule has 0 aliphatic rings. The second-order valence-electron chi connectivity index (χ2n) is 1.89. The van der Waals surface area contributed by atoms with Crippen molar-refractivity contribution in [1.82, 2.24) is 0 Å². The molecule has 0 bridgehead atoms. The number of nitrogens with zero attached hydrogens (tertiary/aromatic N) is 2. The van der Waals surface area contributed by atoms with Crippen LogP contribution in [0.25, 0.3) is 5.53 Å². The summed E-state index contributed by atoms with van der Waals surface area (Å²) in [6, 6.07) is 0. The normalized spacial score (nSPS) is 8.77. The van der Waals surface area contributed by atoms with Gasteiger partial charge in [-0.2, -0.15) is 4.79 Å². The Labute approximate surface area is 80.1 Å². The summed E-state index contributed by atoms with van der Waals surface area (Å²) in [5, 5.41) is -0.580. The fourth-order valence-electron chi connectivity index (χ4n) is 0.564. The molecule has 0 aromatic rings. The van der Waals surface area contributed by atoms with E-state index >= 15 is 0 Å². The lowest BCUT2D eigenvalue weighted by Gasteiger charge is -1.94. The minimum Gasteiger partial charge on any atom is -0.457 e. The highest BCUT2D eigenvalue weighted by atomic mass is 32.2. The fourth-order valence-corrected chi connectivity index (χ4v) is 1.09. The van der Waals surface area contributed by atoms with Crippen LogP contribution >= 0.6 is 11.8 Å². The summed E-state index contributed by atoms with van der Waals surface area (Å²) in [5.74, 6) is -0.381. The molecule has 0 aliphatic heterocycles. The van der Waals surface area contributed by atoms with Gasteiger partial charge in [0.15, 0.2) is 0 Å². The summed E-state index contributed by atoms with van der Waals surface area (Å²) in [4.78, 5) is 24.6.